The minimum Gasteiger partial charge on any atom is -0.489 e. The third kappa shape index (κ3) is 4.37. The Kier molecular flexibility index (Phi) is 6.68. The van der Waals surface area contributed by atoms with Gasteiger partial charge in [0, 0.05) is 18.5 Å². The van der Waals surface area contributed by atoms with Crippen molar-refractivity contribution in [2.45, 2.75) is 63.4 Å². The summed E-state index contributed by atoms with van der Waals surface area (Å²) >= 11 is 0. The maximum Gasteiger partial charge on any atom is 0.228 e. The van der Waals surface area contributed by atoms with Gasteiger partial charge in [-0.25, -0.2) is 4.39 Å². The molecule has 0 spiro atoms. The predicted molar refractivity (Wildman–Crippen MR) is 117 cm³/mol. The molecule has 0 unspecified atom stereocenters. The Morgan fingerprint density at radius 2 is 1.81 bits per heavy atom. The molecule has 1 aliphatic heterocycles. The van der Waals surface area contributed by atoms with E-state index in [9.17, 15) is 9.18 Å². The minimum absolute atomic E-state index is 0.0258. The summed E-state index contributed by atoms with van der Waals surface area (Å²) in [4.78, 5) is 15.2. The van der Waals surface area contributed by atoms with Gasteiger partial charge in [-0.2, -0.15) is 0 Å². The maximum atomic E-state index is 13.2. The molecule has 3 saturated carbocycles. The number of aliphatic hydroxyl groups is 1. The molecule has 31 heavy (non-hydrogen) atoms. The number of halogens is 1. The van der Waals surface area contributed by atoms with E-state index in [1.807, 2.05) is 24.0 Å². The number of carbonyl (C=O) groups is 1. The molecule has 1 aromatic rings. The van der Waals surface area contributed by atoms with Crippen LogP contribution in [-0.4, -0.2) is 54.9 Å². The average Bonchev–Trinajstić information content (AvgIpc) is 2.80. The van der Waals surface area contributed by atoms with E-state index in [0.29, 0.717) is 43.9 Å². The van der Waals surface area contributed by atoms with Crippen LogP contribution in [-0.2, 0) is 14.9 Å². The third-order valence-corrected chi connectivity index (χ3v) is 7.78. The quantitative estimate of drug-likeness (QED) is 0.638. The second kappa shape index (κ2) is 9.29. The Morgan fingerprint density at radius 3 is 2.35 bits per heavy atom. The molecule has 5 rings (SSSR count). The van der Waals surface area contributed by atoms with Crippen LogP contribution in [0.4, 0.5) is 4.39 Å². The lowest BCUT2D eigenvalue weighted by Gasteiger charge is -2.55. The lowest BCUT2D eigenvalue weighted by atomic mass is 9.51. The Hall–Kier alpha value is -1.92. The fourth-order valence-electron chi connectivity index (χ4n) is 5.50. The van der Waals surface area contributed by atoms with Crippen LogP contribution in [0.5, 0.6) is 5.75 Å². The summed E-state index contributed by atoms with van der Waals surface area (Å²) in [5.41, 5.74) is 1.95. The number of ether oxygens (including phenoxy) is 2. The smallest absolute Gasteiger partial charge is 0.228 e. The molecular weight excluding hydrogens is 397 g/mol. The molecule has 0 atom stereocenters. The number of amides is 1. The lowest BCUT2D eigenvalue weighted by Crippen LogP contribution is -2.61. The molecule has 0 aromatic heterocycles. The first kappa shape index (κ1) is 22.3. The number of nitrogens with zero attached hydrogens (tertiary/aromatic N) is 1. The normalized spacial score (nSPS) is 28.5. The molecule has 1 N–H and O–H groups in total. The van der Waals surface area contributed by atoms with Crippen molar-refractivity contribution < 1.29 is 23.8 Å². The van der Waals surface area contributed by atoms with Crippen LogP contribution in [0.2, 0.25) is 0 Å². The molecule has 5 nitrogen and oxygen atoms in total. The molecule has 6 heteroatoms. The van der Waals surface area contributed by atoms with E-state index in [1.54, 1.807) is 0 Å². The van der Waals surface area contributed by atoms with Gasteiger partial charge in [0.1, 0.15) is 12.4 Å². The van der Waals surface area contributed by atoms with Crippen LogP contribution in [0.1, 0.15) is 57.4 Å². The number of likely N-dealkylation sites (tertiary alicyclic amines) is 1. The number of hydrogen-bond donors (Lipinski definition) is 1. The third-order valence-electron chi connectivity index (χ3n) is 7.78. The first-order valence-corrected chi connectivity index (χ1v) is 11.6. The van der Waals surface area contributed by atoms with Crippen molar-refractivity contribution in [1.29, 1.82) is 0 Å². The van der Waals surface area contributed by atoms with Gasteiger partial charge in [-0.15, -0.1) is 0 Å². The van der Waals surface area contributed by atoms with Gasteiger partial charge in [-0.1, -0.05) is 19.1 Å². The molecule has 2 bridgehead atoms. The molecule has 1 saturated heterocycles. The van der Waals surface area contributed by atoms with Gasteiger partial charge >= 0.3 is 0 Å². The summed E-state index contributed by atoms with van der Waals surface area (Å²) < 4.78 is 24.0. The van der Waals surface area contributed by atoms with Crippen molar-refractivity contribution in [3.63, 3.8) is 0 Å². The standard InChI is InChI=1S/C25H34FNO4/c1-2-19(15-26)18-31-21-5-3-20(4-6-21)24-7-10-25(11-8-24,12-9-24)23(29)27-16-22(17-27)30-14-13-28/h3-6,15,22,28H,2,7-14,16-18H2,1H3/b19-15+. The average molecular weight is 432 g/mol. The fourth-order valence-corrected chi connectivity index (χ4v) is 5.50. The monoisotopic (exact) mass is 431 g/mol. The van der Waals surface area contributed by atoms with Crippen molar-refractivity contribution in [1.82, 2.24) is 4.90 Å². The van der Waals surface area contributed by atoms with Gasteiger partial charge in [0.15, 0.2) is 0 Å². The molecule has 1 amide bonds. The van der Waals surface area contributed by atoms with Crippen LogP contribution in [0.3, 0.4) is 0 Å². The summed E-state index contributed by atoms with van der Waals surface area (Å²) in [5, 5.41) is 8.87. The van der Waals surface area contributed by atoms with E-state index >= 15 is 0 Å². The van der Waals surface area contributed by atoms with E-state index in [2.05, 4.69) is 12.1 Å². The second-order valence-corrected chi connectivity index (χ2v) is 9.42. The first-order valence-electron chi connectivity index (χ1n) is 11.6. The van der Waals surface area contributed by atoms with Gasteiger partial charge in [-0.3, -0.25) is 4.79 Å². The summed E-state index contributed by atoms with van der Waals surface area (Å²) in [7, 11) is 0. The van der Waals surface area contributed by atoms with Gasteiger partial charge in [-0.05, 0) is 73.6 Å². The maximum absolute atomic E-state index is 13.2. The van der Waals surface area contributed by atoms with Crippen molar-refractivity contribution in [3.05, 3.63) is 41.7 Å². The highest BCUT2D eigenvalue weighted by molar-refractivity contribution is 5.84. The van der Waals surface area contributed by atoms with Crippen molar-refractivity contribution in [2.24, 2.45) is 5.41 Å². The van der Waals surface area contributed by atoms with Crippen LogP contribution in [0.25, 0.3) is 0 Å². The summed E-state index contributed by atoms with van der Waals surface area (Å²) in [5.74, 6) is 1.07. The Labute approximate surface area is 184 Å². The predicted octanol–water partition coefficient (Wildman–Crippen LogP) is 4.14. The molecule has 4 aliphatic rings. The van der Waals surface area contributed by atoms with E-state index in [-0.39, 0.29) is 30.1 Å². The molecule has 170 valence electrons. The molecule has 1 heterocycles. The first-order chi connectivity index (χ1) is 15.0. The zero-order chi connectivity index (χ0) is 21.9. The Morgan fingerprint density at radius 1 is 1.16 bits per heavy atom. The lowest BCUT2D eigenvalue weighted by molar-refractivity contribution is -0.163. The largest absolute Gasteiger partial charge is 0.489 e. The topological polar surface area (TPSA) is 59.0 Å². The summed E-state index contributed by atoms with van der Waals surface area (Å²) in [6, 6.07) is 8.28. The second-order valence-electron chi connectivity index (χ2n) is 9.42. The number of aliphatic hydroxyl groups excluding tert-OH is 1. The van der Waals surface area contributed by atoms with Gasteiger partial charge in [0.05, 0.1) is 25.6 Å². The van der Waals surface area contributed by atoms with Gasteiger partial charge in [0.2, 0.25) is 5.91 Å². The zero-order valence-corrected chi connectivity index (χ0v) is 18.4. The van der Waals surface area contributed by atoms with Crippen LogP contribution in [0.15, 0.2) is 36.2 Å². The van der Waals surface area contributed by atoms with Crippen LogP contribution >= 0.6 is 0 Å². The number of carbonyl (C=O) groups excluding carboxylic acids is 1. The van der Waals surface area contributed by atoms with E-state index < -0.39 is 0 Å². The summed E-state index contributed by atoms with van der Waals surface area (Å²) in [6.07, 6.45) is 7.33. The summed E-state index contributed by atoms with van der Waals surface area (Å²) in [6.45, 7) is 3.88. The Balaban J connectivity index is 1.33. The van der Waals surface area contributed by atoms with Crippen LogP contribution in [0, 0.1) is 5.41 Å². The minimum atomic E-state index is -0.192. The fraction of sp³-hybridized carbons (Fsp3) is 0.640. The van der Waals surface area contributed by atoms with Crippen molar-refractivity contribution >= 4 is 5.91 Å². The van der Waals surface area contributed by atoms with Crippen LogP contribution < -0.4 is 4.74 Å². The number of benzene rings is 1. The van der Waals surface area contributed by atoms with E-state index in [4.69, 9.17) is 14.6 Å². The number of hydrogen-bond acceptors (Lipinski definition) is 4. The van der Waals surface area contributed by atoms with Crippen molar-refractivity contribution in [3.8, 4) is 5.75 Å². The molecule has 4 fully saturated rings. The molecule has 0 radical (unpaired) electrons. The highest BCUT2D eigenvalue weighted by Gasteiger charge is 2.55. The Bertz CT molecular complexity index is 776. The number of rotatable bonds is 9. The highest BCUT2D eigenvalue weighted by Crippen LogP contribution is 2.58. The molecular formula is C25H34FNO4. The van der Waals surface area contributed by atoms with E-state index in [1.165, 1.54) is 5.56 Å². The van der Waals surface area contributed by atoms with E-state index in [0.717, 1.165) is 44.3 Å². The van der Waals surface area contributed by atoms with Gasteiger partial charge < -0.3 is 19.5 Å². The van der Waals surface area contributed by atoms with Crippen molar-refractivity contribution in [2.75, 3.05) is 32.9 Å². The SMILES string of the molecule is CC/C(=C\F)COc1ccc(C23CCC(C(=O)N4CC(OCCO)C4)(CC2)CC3)cc1. The molecule has 3 aliphatic carbocycles. The zero-order valence-electron chi connectivity index (χ0n) is 18.4. The number of fused-ring (bicyclic) bond motifs is 3. The highest BCUT2D eigenvalue weighted by atomic mass is 19.1. The van der Waals surface area contributed by atoms with Gasteiger partial charge in [0.25, 0.3) is 0 Å². The molecule has 1 aromatic carbocycles.